The van der Waals surface area contributed by atoms with Gasteiger partial charge in [-0.3, -0.25) is 14.5 Å². The molecule has 0 spiro atoms. The lowest BCUT2D eigenvalue weighted by Gasteiger charge is -2.21. The highest BCUT2D eigenvalue weighted by Gasteiger charge is 2.47. The number of nitrogens with zero attached hydrogens (tertiary/aromatic N) is 1. The number of rotatable bonds is 9. The van der Waals surface area contributed by atoms with Crippen molar-refractivity contribution in [1.29, 1.82) is 0 Å². The number of anilines is 1. The number of imide groups is 1. The normalized spacial score (nSPS) is 18.8. The fourth-order valence-electron chi connectivity index (χ4n) is 3.12. The maximum atomic E-state index is 12.7. The van der Waals surface area contributed by atoms with Crippen LogP contribution in [0.4, 0.5) is 10.5 Å². The van der Waals surface area contributed by atoms with E-state index in [1.807, 2.05) is 0 Å². The molecule has 1 atom stereocenters. The molecule has 1 aliphatic rings. The van der Waals surface area contributed by atoms with Gasteiger partial charge in [0.2, 0.25) is 5.91 Å². The van der Waals surface area contributed by atoms with Crippen molar-refractivity contribution in [3.63, 3.8) is 0 Å². The van der Waals surface area contributed by atoms with Crippen LogP contribution in [0, 0.1) is 0 Å². The summed E-state index contributed by atoms with van der Waals surface area (Å²) >= 11 is 0. The van der Waals surface area contributed by atoms with Gasteiger partial charge in [-0.05, 0) is 37.6 Å². The van der Waals surface area contributed by atoms with Gasteiger partial charge in [0.05, 0.1) is 12.7 Å². The van der Waals surface area contributed by atoms with Gasteiger partial charge in [-0.1, -0.05) is 32.6 Å². The Hall–Kier alpha value is -2.90. The summed E-state index contributed by atoms with van der Waals surface area (Å²) in [6.07, 6.45) is 4.55. The van der Waals surface area contributed by atoms with Crippen LogP contribution in [0.1, 0.15) is 56.3 Å². The van der Waals surface area contributed by atoms with E-state index in [-0.39, 0.29) is 12.5 Å². The highest BCUT2D eigenvalue weighted by molar-refractivity contribution is 6.09. The number of carbonyl (C=O) groups excluding carboxylic acids is 4. The fourth-order valence-corrected chi connectivity index (χ4v) is 3.12. The van der Waals surface area contributed by atoms with E-state index < -0.39 is 23.4 Å². The van der Waals surface area contributed by atoms with Crippen LogP contribution in [0.3, 0.4) is 0 Å². The van der Waals surface area contributed by atoms with Gasteiger partial charge < -0.3 is 15.4 Å². The lowest BCUT2D eigenvalue weighted by Crippen LogP contribution is -2.44. The molecule has 1 unspecified atom stereocenters. The molecule has 0 radical (unpaired) electrons. The molecule has 1 aliphatic heterocycles. The number of nitrogens with one attached hydrogen (secondary N) is 2. The Labute approximate surface area is 164 Å². The Morgan fingerprint density at radius 3 is 2.43 bits per heavy atom. The summed E-state index contributed by atoms with van der Waals surface area (Å²) in [4.78, 5) is 49.5. The van der Waals surface area contributed by atoms with Gasteiger partial charge in [0, 0.05) is 5.69 Å². The number of benzene rings is 1. The van der Waals surface area contributed by atoms with E-state index in [2.05, 4.69) is 22.3 Å². The molecular formula is C20H27N3O5. The van der Waals surface area contributed by atoms with Crippen molar-refractivity contribution in [3.05, 3.63) is 29.8 Å². The second-order valence-electron chi connectivity index (χ2n) is 7.08. The van der Waals surface area contributed by atoms with Crippen molar-refractivity contribution >= 4 is 29.5 Å². The third kappa shape index (κ3) is 5.09. The van der Waals surface area contributed by atoms with Gasteiger partial charge in [0.25, 0.3) is 5.91 Å². The average molecular weight is 389 g/mol. The number of esters is 1. The first-order chi connectivity index (χ1) is 13.3. The van der Waals surface area contributed by atoms with Crippen molar-refractivity contribution < 1.29 is 23.9 Å². The number of amides is 4. The number of urea groups is 1. The molecule has 1 aromatic rings. The van der Waals surface area contributed by atoms with Gasteiger partial charge in [-0.2, -0.15) is 0 Å². The van der Waals surface area contributed by atoms with Crippen molar-refractivity contribution in [3.8, 4) is 0 Å². The number of unbranched alkanes of at least 4 members (excludes halogenated alkanes) is 3. The summed E-state index contributed by atoms with van der Waals surface area (Å²) < 4.78 is 4.62. The van der Waals surface area contributed by atoms with Gasteiger partial charge in [-0.15, -0.1) is 0 Å². The molecule has 0 saturated carbocycles. The molecule has 28 heavy (non-hydrogen) atoms. The molecule has 4 amide bonds. The average Bonchev–Trinajstić information content (AvgIpc) is 2.88. The quantitative estimate of drug-likeness (QED) is 0.384. The van der Waals surface area contributed by atoms with E-state index in [0.29, 0.717) is 17.7 Å². The van der Waals surface area contributed by atoms with Crippen LogP contribution in [-0.2, 0) is 14.3 Å². The third-order valence-electron chi connectivity index (χ3n) is 4.77. The standard InChI is InChI=1S/C20H27N3O5/c1-4-5-6-7-12-20(2)18(26)23(19(27)22-20)13-16(24)21-15-10-8-14(9-11-15)17(25)28-3/h8-11H,4-7,12-13H2,1-3H3,(H,21,24)(H,22,27). The van der Waals surface area contributed by atoms with E-state index in [4.69, 9.17) is 0 Å². The predicted molar refractivity (Wildman–Crippen MR) is 104 cm³/mol. The number of ether oxygens (including phenoxy) is 1. The van der Waals surface area contributed by atoms with Crippen LogP contribution in [0.15, 0.2) is 24.3 Å². The Morgan fingerprint density at radius 1 is 1.14 bits per heavy atom. The Kier molecular flexibility index (Phi) is 7.14. The van der Waals surface area contributed by atoms with Gasteiger partial charge in [-0.25, -0.2) is 9.59 Å². The molecule has 1 heterocycles. The molecule has 0 aromatic heterocycles. The Morgan fingerprint density at radius 2 is 1.82 bits per heavy atom. The molecule has 2 rings (SSSR count). The fraction of sp³-hybridized carbons (Fsp3) is 0.500. The molecule has 8 nitrogen and oxygen atoms in total. The highest BCUT2D eigenvalue weighted by atomic mass is 16.5. The summed E-state index contributed by atoms with van der Waals surface area (Å²) in [5.41, 5.74) is -0.159. The first kappa shape index (κ1) is 21.4. The highest BCUT2D eigenvalue weighted by Crippen LogP contribution is 2.24. The lowest BCUT2D eigenvalue weighted by molar-refractivity contribution is -0.133. The van der Waals surface area contributed by atoms with E-state index in [1.54, 1.807) is 19.1 Å². The lowest BCUT2D eigenvalue weighted by atomic mass is 9.94. The maximum absolute atomic E-state index is 12.7. The third-order valence-corrected chi connectivity index (χ3v) is 4.77. The first-order valence-electron chi connectivity index (χ1n) is 9.43. The summed E-state index contributed by atoms with van der Waals surface area (Å²) in [6, 6.07) is 5.58. The minimum absolute atomic E-state index is 0.355. The molecule has 2 N–H and O–H groups in total. The number of carbonyl (C=O) groups is 4. The van der Waals surface area contributed by atoms with Crippen molar-refractivity contribution in [1.82, 2.24) is 10.2 Å². The molecule has 1 saturated heterocycles. The number of methoxy groups -OCH3 is 1. The second-order valence-corrected chi connectivity index (χ2v) is 7.08. The van der Waals surface area contributed by atoms with Crippen molar-refractivity contribution in [2.24, 2.45) is 0 Å². The molecule has 1 fully saturated rings. The van der Waals surface area contributed by atoms with Crippen LogP contribution in [0.5, 0.6) is 0 Å². The minimum Gasteiger partial charge on any atom is -0.465 e. The van der Waals surface area contributed by atoms with Crippen molar-refractivity contribution in [2.75, 3.05) is 19.0 Å². The smallest absolute Gasteiger partial charge is 0.337 e. The number of hydrogen-bond donors (Lipinski definition) is 2. The summed E-state index contributed by atoms with van der Waals surface area (Å²) in [6.45, 7) is 3.43. The zero-order chi connectivity index (χ0) is 20.7. The first-order valence-corrected chi connectivity index (χ1v) is 9.43. The monoisotopic (exact) mass is 389 g/mol. The van der Waals surface area contributed by atoms with Crippen LogP contribution in [0.2, 0.25) is 0 Å². The summed E-state index contributed by atoms with van der Waals surface area (Å²) in [7, 11) is 1.29. The molecule has 0 aliphatic carbocycles. The SMILES string of the molecule is CCCCCCC1(C)NC(=O)N(CC(=O)Nc2ccc(C(=O)OC)cc2)C1=O. The topological polar surface area (TPSA) is 105 Å². The van der Waals surface area contributed by atoms with Gasteiger partial charge in [0.15, 0.2) is 0 Å². The van der Waals surface area contributed by atoms with E-state index in [1.165, 1.54) is 19.2 Å². The van der Waals surface area contributed by atoms with Crippen molar-refractivity contribution in [2.45, 2.75) is 51.5 Å². The van der Waals surface area contributed by atoms with Crippen LogP contribution in [-0.4, -0.2) is 47.9 Å². The zero-order valence-electron chi connectivity index (χ0n) is 16.5. The second kappa shape index (κ2) is 9.34. The zero-order valence-corrected chi connectivity index (χ0v) is 16.5. The largest absolute Gasteiger partial charge is 0.465 e. The van der Waals surface area contributed by atoms with Crippen LogP contribution >= 0.6 is 0 Å². The summed E-state index contributed by atoms with van der Waals surface area (Å²) in [5, 5.41) is 5.33. The molecule has 8 heteroatoms. The Bertz CT molecular complexity index is 747. The van der Waals surface area contributed by atoms with E-state index in [9.17, 15) is 19.2 Å². The Balaban J connectivity index is 1.93. The number of hydrogen-bond acceptors (Lipinski definition) is 5. The van der Waals surface area contributed by atoms with Crippen LogP contribution < -0.4 is 10.6 Å². The van der Waals surface area contributed by atoms with E-state index in [0.717, 1.165) is 30.6 Å². The van der Waals surface area contributed by atoms with Crippen LogP contribution in [0.25, 0.3) is 0 Å². The molecular weight excluding hydrogens is 362 g/mol. The molecule has 1 aromatic carbocycles. The predicted octanol–water partition coefficient (Wildman–Crippen LogP) is 2.69. The minimum atomic E-state index is -0.965. The molecule has 0 bridgehead atoms. The molecule has 152 valence electrons. The van der Waals surface area contributed by atoms with E-state index >= 15 is 0 Å². The van der Waals surface area contributed by atoms with Gasteiger partial charge >= 0.3 is 12.0 Å². The maximum Gasteiger partial charge on any atom is 0.337 e. The summed E-state index contributed by atoms with van der Waals surface area (Å²) in [5.74, 6) is -1.36. The van der Waals surface area contributed by atoms with Gasteiger partial charge in [0.1, 0.15) is 12.1 Å².